The topological polar surface area (TPSA) is 123 Å². The Hall–Kier alpha value is -3.49. The lowest BCUT2D eigenvalue weighted by Gasteiger charge is -2.08. The molecule has 0 spiro atoms. The normalized spacial score (nSPS) is 10.6. The van der Waals surface area contributed by atoms with Crippen LogP contribution in [0.3, 0.4) is 0 Å². The molecule has 0 aliphatic rings. The first kappa shape index (κ1) is 14.4. The van der Waals surface area contributed by atoms with E-state index in [1.54, 1.807) is 4.68 Å². The molecular weight excluding hydrogens is 302 g/mol. The van der Waals surface area contributed by atoms with Crippen molar-refractivity contribution >= 4 is 28.4 Å². The summed E-state index contributed by atoms with van der Waals surface area (Å²) in [6.45, 7) is 0.195. The molecule has 0 saturated carbocycles. The van der Waals surface area contributed by atoms with Crippen molar-refractivity contribution in [3.8, 4) is 0 Å². The van der Waals surface area contributed by atoms with Crippen molar-refractivity contribution in [3.63, 3.8) is 0 Å². The van der Waals surface area contributed by atoms with Gasteiger partial charge in [0.1, 0.15) is 12.2 Å². The number of nitrogens with zero attached hydrogens (tertiary/aromatic N) is 4. The van der Waals surface area contributed by atoms with Crippen molar-refractivity contribution in [1.29, 1.82) is 0 Å². The second-order valence-electron chi connectivity index (χ2n) is 4.74. The highest BCUT2D eigenvalue weighted by atomic mass is 16.6. The number of benzene rings is 2. The summed E-state index contributed by atoms with van der Waals surface area (Å²) in [6, 6.07) is 11.0. The summed E-state index contributed by atoms with van der Waals surface area (Å²) in [5.41, 5.74) is 1.38. The average molecular weight is 313 g/mol. The minimum atomic E-state index is -1.23. The van der Waals surface area contributed by atoms with Crippen LogP contribution in [0.15, 0.2) is 42.5 Å². The molecule has 0 bridgehead atoms. The molecule has 0 radical (unpaired) electrons. The molecule has 1 aromatic heterocycles. The van der Waals surface area contributed by atoms with Gasteiger partial charge in [-0.2, -0.15) is 0 Å². The zero-order valence-corrected chi connectivity index (χ0v) is 11.7. The second kappa shape index (κ2) is 5.72. The van der Waals surface area contributed by atoms with Crippen LogP contribution in [0.1, 0.15) is 10.4 Å². The van der Waals surface area contributed by atoms with E-state index in [0.29, 0.717) is 5.69 Å². The highest BCUT2D eigenvalue weighted by Gasteiger charge is 2.14. The number of nitro benzene ring substituents is 1. The van der Waals surface area contributed by atoms with E-state index in [9.17, 15) is 14.9 Å². The maximum atomic E-state index is 11.1. The third-order valence-corrected chi connectivity index (χ3v) is 3.23. The van der Waals surface area contributed by atoms with E-state index in [4.69, 9.17) is 5.11 Å². The highest BCUT2D eigenvalue weighted by Crippen LogP contribution is 2.21. The lowest BCUT2D eigenvalue weighted by molar-refractivity contribution is -0.384. The predicted octanol–water partition coefficient (Wildman–Crippen LogP) is 2.11. The SMILES string of the molecule is O=C(O)c1cc(NCn2nnc3ccccc32)cc([N+](=O)[O-])c1. The fourth-order valence-electron chi connectivity index (χ4n) is 2.14. The fourth-order valence-corrected chi connectivity index (χ4v) is 2.14. The van der Waals surface area contributed by atoms with E-state index in [0.717, 1.165) is 17.1 Å². The largest absolute Gasteiger partial charge is 0.478 e. The number of rotatable bonds is 5. The molecule has 116 valence electrons. The van der Waals surface area contributed by atoms with Crippen molar-refractivity contribution in [2.75, 3.05) is 5.32 Å². The standard InChI is InChI=1S/C14H11N5O4/c20-14(21)9-5-10(7-11(6-9)19(22)23)15-8-18-13-4-2-1-3-12(13)16-17-18/h1-7,15H,8H2,(H,20,21). The Labute approximate surface area is 129 Å². The van der Waals surface area contributed by atoms with Gasteiger partial charge in [-0.25, -0.2) is 9.48 Å². The summed E-state index contributed by atoms with van der Waals surface area (Å²) in [5, 5.41) is 30.8. The molecule has 3 aromatic rings. The van der Waals surface area contributed by atoms with Gasteiger partial charge >= 0.3 is 5.97 Å². The van der Waals surface area contributed by atoms with Gasteiger partial charge in [-0.05, 0) is 18.2 Å². The molecule has 9 heteroatoms. The van der Waals surface area contributed by atoms with E-state index < -0.39 is 10.9 Å². The molecule has 23 heavy (non-hydrogen) atoms. The molecule has 3 rings (SSSR count). The summed E-state index contributed by atoms with van der Waals surface area (Å²) >= 11 is 0. The number of aromatic nitrogens is 3. The monoisotopic (exact) mass is 313 g/mol. The summed E-state index contributed by atoms with van der Waals surface area (Å²) in [6.07, 6.45) is 0. The van der Waals surface area contributed by atoms with Gasteiger partial charge in [-0.3, -0.25) is 10.1 Å². The van der Waals surface area contributed by atoms with Crippen LogP contribution in [0.25, 0.3) is 11.0 Å². The van der Waals surface area contributed by atoms with Gasteiger partial charge in [0.15, 0.2) is 0 Å². The molecule has 0 unspecified atom stereocenters. The highest BCUT2D eigenvalue weighted by molar-refractivity contribution is 5.90. The molecule has 0 atom stereocenters. The van der Waals surface area contributed by atoms with E-state index in [1.807, 2.05) is 24.3 Å². The molecule has 9 nitrogen and oxygen atoms in total. The van der Waals surface area contributed by atoms with Gasteiger partial charge in [-0.1, -0.05) is 17.3 Å². The van der Waals surface area contributed by atoms with Crippen molar-refractivity contribution in [3.05, 3.63) is 58.1 Å². The van der Waals surface area contributed by atoms with Crippen molar-refractivity contribution < 1.29 is 14.8 Å². The maximum absolute atomic E-state index is 11.1. The van der Waals surface area contributed by atoms with E-state index in [1.165, 1.54) is 12.1 Å². The van der Waals surface area contributed by atoms with Gasteiger partial charge < -0.3 is 10.4 Å². The molecule has 0 fully saturated rings. The molecule has 2 N–H and O–H groups in total. The minimum absolute atomic E-state index is 0.162. The number of carbonyl (C=O) groups is 1. The third kappa shape index (κ3) is 2.93. The predicted molar refractivity (Wildman–Crippen MR) is 81.2 cm³/mol. The van der Waals surface area contributed by atoms with Crippen LogP contribution >= 0.6 is 0 Å². The number of hydrogen-bond donors (Lipinski definition) is 2. The van der Waals surface area contributed by atoms with Gasteiger partial charge in [0.25, 0.3) is 5.69 Å². The van der Waals surface area contributed by atoms with Crippen LogP contribution in [0, 0.1) is 10.1 Å². The number of hydrogen-bond acceptors (Lipinski definition) is 6. The first-order chi connectivity index (χ1) is 11.0. The molecule has 0 saturated heterocycles. The van der Waals surface area contributed by atoms with Crippen LogP contribution < -0.4 is 5.32 Å². The van der Waals surface area contributed by atoms with Crippen LogP contribution in [-0.2, 0) is 6.67 Å². The number of anilines is 1. The molecule has 2 aromatic carbocycles. The summed E-state index contributed by atoms with van der Waals surface area (Å²) in [7, 11) is 0. The fraction of sp³-hybridized carbons (Fsp3) is 0.0714. The summed E-state index contributed by atoms with van der Waals surface area (Å²) < 4.78 is 1.58. The van der Waals surface area contributed by atoms with Crippen LogP contribution in [0.4, 0.5) is 11.4 Å². The van der Waals surface area contributed by atoms with Crippen molar-refractivity contribution in [2.45, 2.75) is 6.67 Å². The zero-order valence-electron chi connectivity index (χ0n) is 11.7. The van der Waals surface area contributed by atoms with Gasteiger partial charge in [0, 0.05) is 17.8 Å². The van der Waals surface area contributed by atoms with Crippen LogP contribution in [0.5, 0.6) is 0 Å². The van der Waals surface area contributed by atoms with E-state index >= 15 is 0 Å². The van der Waals surface area contributed by atoms with Crippen LogP contribution in [-0.4, -0.2) is 31.0 Å². The lowest BCUT2D eigenvalue weighted by Crippen LogP contribution is -2.10. The molecule has 0 amide bonds. The maximum Gasteiger partial charge on any atom is 0.336 e. The van der Waals surface area contributed by atoms with Gasteiger partial charge in [0.05, 0.1) is 16.0 Å². The molecular formula is C14H11N5O4. The Morgan fingerprint density at radius 2 is 2.09 bits per heavy atom. The number of carboxylic acids is 1. The Morgan fingerprint density at radius 3 is 2.83 bits per heavy atom. The Kier molecular flexibility index (Phi) is 3.59. The van der Waals surface area contributed by atoms with Crippen molar-refractivity contribution in [1.82, 2.24) is 15.0 Å². The van der Waals surface area contributed by atoms with E-state index in [2.05, 4.69) is 15.6 Å². The number of fused-ring (bicyclic) bond motifs is 1. The molecule has 0 aliphatic carbocycles. The first-order valence-corrected chi connectivity index (χ1v) is 6.59. The van der Waals surface area contributed by atoms with Gasteiger partial charge in [-0.15, -0.1) is 5.10 Å². The number of nitrogens with one attached hydrogen (secondary N) is 1. The summed E-state index contributed by atoms with van der Waals surface area (Å²) in [4.78, 5) is 21.3. The lowest BCUT2D eigenvalue weighted by atomic mass is 10.2. The second-order valence-corrected chi connectivity index (χ2v) is 4.74. The Morgan fingerprint density at radius 1 is 1.30 bits per heavy atom. The van der Waals surface area contributed by atoms with Gasteiger partial charge in [0.2, 0.25) is 0 Å². The number of nitro groups is 1. The number of carboxylic acid groups (broad SMARTS) is 1. The minimum Gasteiger partial charge on any atom is -0.478 e. The summed E-state index contributed by atoms with van der Waals surface area (Å²) in [5.74, 6) is -1.23. The molecule has 1 heterocycles. The number of para-hydroxylation sites is 1. The van der Waals surface area contributed by atoms with Crippen molar-refractivity contribution in [2.24, 2.45) is 0 Å². The third-order valence-electron chi connectivity index (χ3n) is 3.23. The smallest absolute Gasteiger partial charge is 0.336 e. The van der Waals surface area contributed by atoms with Crippen LogP contribution in [0.2, 0.25) is 0 Å². The Bertz CT molecular complexity index is 873. The average Bonchev–Trinajstić information content (AvgIpc) is 2.95. The van der Waals surface area contributed by atoms with E-state index in [-0.39, 0.29) is 17.9 Å². The Balaban J connectivity index is 1.87. The number of non-ortho nitro benzene ring substituents is 1. The number of aromatic carboxylic acids is 1. The first-order valence-electron chi connectivity index (χ1n) is 6.59. The molecule has 0 aliphatic heterocycles. The quantitative estimate of drug-likeness (QED) is 0.546. The zero-order chi connectivity index (χ0) is 16.4.